The number of tetrazole rings is 1. The van der Waals surface area contributed by atoms with E-state index in [0.29, 0.717) is 31.0 Å². The normalized spacial score (nSPS) is 11.6. The van der Waals surface area contributed by atoms with E-state index in [4.69, 9.17) is 0 Å². The zero-order valence-corrected chi connectivity index (χ0v) is 23.2. The SMILES string of the molecule is CCCc1nc(C(C)(C)O)c(C(=O)O)n1Cc1ccc(-c2cc(Cc3ccc(O)cc3)ccc2-c2nn[nH]n2)cc1. The molecule has 210 valence electrons. The van der Waals surface area contributed by atoms with Crippen LogP contribution < -0.4 is 0 Å². The van der Waals surface area contributed by atoms with Gasteiger partial charge in [0, 0.05) is 18.5 Å². The molecule has 0 unspecified atom stereocenters. The summed E-state index contributed by atoms with van der Waals surface area (Å²) >= 11 is 0. The molecule has 10 heteroatoms. The van der Waals surface area contributed by atoms with Gasteiger partial charge in [0.05, 0.1) is 0 Å². The molecule has 3 aromatic carbocycles. The fourth-order valence-corrected chi connectivity index (χ4v) is 4.96. The number of hydrogen-bond donors (Lipinski definition) is 4. The largest absolute Gasteiger partial charge is 0.508 e. The van der Waals surface area contributed by atoms with E-state index in [-0.39, 0.29) is 17.1 Å². The Morgan fingerprint density at radius 2 is 1.63 bits per heavy atom. The van der Waals surface area contributed by atoms with Crippen molar-refractivity contribution in [2.75, 3.05) is 0 Å². The standard InChI is InChI=1S/C31H32N6O4/c1-4-5-26-32-28(31(2,3)41)27(30(39)40)37(26)18-20-6-11-22(12-7-20)25-17-21(16-19-8-13-23(38)14-9-19)10-15-24(25)29-33-35-36-34-29/h6-15,17,38,41H,4-5,16,18H2,1-3H3,(H,39,40)(H,33,34,35,36). The van der Waals surface area contributed by atoms with Crippen LogP contribution in [0.5, 0.6) is 5.75 Å². The zero-order valence-electron chi connectivity index (χ0n) is 23.2. The van der Waals surface area contributed by atoms with Crippen molar-refractivity contribution in [1.29, 1.82) is 0 Å². The second-order valence-corrected chi connectivity index (χ2v) is 10.6. The lowest BCUT2D eigenvalue weighted by Crippen LogP contribution is -2.22. The summed E-state index contributed by atoms with van der Waals surface area (Å²) in [6.07, 6.45) is 2.07. The van der Waals surface area contributed by atoms with E-state index in [0.717, 1.165) is 39.8 Å². The molecule has 2 heterocycles. The first kappa shape index (κ1) is 27.7. The fourth-order valence-electron chi connectivity index (χ4n) is 4.96. The average Bonchev–Trinajstić information content (AvgIpc) is 3.60. The van der Waals surface area contributed by atoms with Gasteiger partial charge in [-0.05, 0) is 71.9 Å². The van der Waals surface area contributed by atoms with Crippen molar-refractivity contribution in [3.8, 4) is 28.3 Å². The molecule has 0 atom stereocenters. The molecule has 0 aliphatic carbocycles. The molecule has 0 saturated heterocycles. The van der Waals surface area contributed by atoms with E-state index in [1.54, 1.807) is 30.5 Å². The number of aromatic carboxylic acids is 1. The summed E-state index contributed by atoms with van der Waals surface area (Å²) in [4.78, 5) is 16.8. The number of phenolic OH excluding ortho intramolecular Hbond substituents is 1. The smallest absolute Gasteiger partial charge is 0.354 e. The van der Waals surface area contributed by atoms with Crippen LogP contribution in [0.2, 0.25) is 0 Å². The third kappa shape index (κ3) is 6.02. The van der Waals surface area contributed by atoms with Gasteiger partial charge in [0.15, 0.2) is 5.69 Å². The molecular weight excluding hydrogens is 520 g/mol. The van der Waals surface area contributed by atoms with Gasteiger partial charge in [-0.3, -0.25) is 0 Å². The number of phenols is 1. The van der Waals surface area contributed by atoms with E-state index >= 15 is 0 Å². The third-order valence-electron chi connectivity index (χ3n) is 6.92. The molecular formula is C31H32N6O4. The number of nitrogens with zero attached hydrogens (tertiary/aromatic N) is 5. The summed E-state index contributed by atoms with van der Waals surface area (Å²) in [6.45, 7) is 5.41. The van der Waals surface area contributed by atoms with Gasteiger partial charge in [-0.15, -0.1) is 10.2 Å². The topological polar surface area (TPSA) is 150 Å². The van der Waals surface area contributed by atoms with Crippen LogP contribution in [0, 0.1) is 0 Å². The summed E-state index contributed by atoms with van der Waals surface area (Å²) in [5.74, 6) is 0.218. The van der Waals surface area contributed by atoms with Gasteiger partial charge in [-0.25, -0.2) is 9.78 Å². The molecule has 0 aliphatic rings. The number of H-pyrrole nitrogens is 1. The molecule has 5 rings (SSSR count). The zero-order chi connectivity index (χ0) is 29.1. The highest BCUT2D eigenvalue weighted by Gasteiger charge is 2.31. The van der Waals surface area contributed by atoms with E-state index in [1.165, 1.54) is 0 Å². The molecule has 41 heavy (non-hydrogen) atoms. The number of hydrogen-bond acceptors (Lipinski definition) is 7. The Hall–Kier alpha value is -4.83. The van der Waals surface area contributed by atoms with Crippen molar-refractivity contribution in [2.24, 2.45) is 0 Å². The molecule has 0 radical (unpaired) electrons. The summed E-state index contributed by atoms with van der Waals surface area (Å²) in [6, 6.07) is 21.2. The molecule has 2 aromatic heterocycles. The highest BCUT2D eigenvalue weighted by Crippen LogP contribution is 2.33. The van der Waals surface area contributed by atoms with E-state index < -0.39 is 11.6 Å². The number of imidazole rings is 1. The molecule has 0 amide bonds. The highest BCUT2D eigenvalue weighted by molar-refractivity contribution is 5.87. The van der Waals surface area contributed by atoms with Crippen molar-refractivity contribution in [3.63, 3.8) is 0 Å². The Labute approximate surface area is 237 Å². The number of aromatic hydroxyl groups is 1. The van der Waals surface area contributed by atoms with Crippen LogP contribution in [-0.4, -0.2) is 51.5 Å². The Morgan fingerprint density at radius 1 is 0.951 bits per heavy atom. The Kier molecular flexibility index (Phi) is 7.67. The number of aromatic nitrogens is 6. The lowest BCUT2D eigenvalue weighted by atomic mass is 9.94. The summed E-state index contributed by atoms with van der Waals surface area (Å²) < 4.78 is 1.69. The highest BCUT2D eigenvalue weighted by atomic mass is 16.4. The number of aliphatic hydroxyl groups is 1. The summed E-state index contributed by atoms with van der Waals surface area (Å²) in [7, 11) is 0. The Bertz CT molecular complexity index is 1650. The van der Waals surface area contributed by atoms with Crippen molar-refractivity contribution >= 4 is 5.97 Å². The number of aromatic amines is 1. The van der Waals surface area contributed by atoms with Gasteiger partial charge >= 0.3 is 5.97 Å². The molecule has 0 saturated carbocycles. The van der Waals surface area contributed by atoms with Gasteiger partial charge in [0.25, 0.3) is 0 Å². The van der Waals surface area contributed by atoms with Crippen LogP contribution in [0.1, 0.15) is 65.9 Å². The number of carboxylic acids is 1. The number of aryl methyl sites for hydroxylation is 1. The molecule has 0 bridgehead atoms. The van der Waals surface area contributed by atoms with Crippen molar-refractivity contribution in [3.05, 3.63) is 101 Å². The second kappa shape index (κ2) is 11.3. The van der Waals surface area contributed by atoms with Crippen molar-refractivity contribution in [1.82, 2.24) is 30.2 Å². The maximum absolute atomic E-state index is 12.3. The first-order valence-electron chi connectivity index (χ1n) is 13.4. The predicted octanol–water partition coefficient (Wildman–Crippen LogP) is 4.95. The molecule has 5 aromatic rings. The minimum absolute atomic E-state index is 0.00588. The Morgan fingerprint density at radius 3 is 2.24 bits per heavy atom. The van der Waals surface area contributed by atoms with Crippen molar-refractivity contribution < 1.29 is 20.1 Å². The molecule has 0 fully saturated rings. The van der Waals surface area contributed by atoms with E-state index in [9.17, 15) is 20.1 Å². The van der Waals surface area contributed by atoms with Gasteiger partial charge in [0.2, 0.25) is 5.82 Å². The number of rotatable bonds is 10. The predicted molar refractivity (Wildman–Crippen MR) is 153 cm³/mol. The van der Waals surface area contributed by atoms with Crippen LogP contribution in [-0.2, 0) is 25.0 Å². The summed E-state index contributed by atoms with van der Waals surface area (Å²) in [5, 5.41) is 44.9. The van der Waals surface area contributed by atoms with Gasteiger partial charge in [-0.1, -0.05) is 61.5 Å². The number of nitrogens with one attached hydrogen (secondary N) is 1. The molecule has 0 spiro atoms. The minimum Gasteiger partial charge on any atom is -0.508 e. The van der Waals surface area contributed by atoms with Gasteiger partial charge < -0.3 is 19.9 Å². The quantitative estimate of drug-likeness (QED) is 0.190. The number of benzene rings is 3. The fraction of sp³-hybridized carbons (Fsp3) is 0.258. The van der Waals surface area contributed by atoms with Crippen LogP contribution in [0.25, 0.3) is 22.5 Å². The lowest BCUT2D eigenvalue weighted by molar-refractivity contribution is 0.0602. The second-order valence-electron chi connectivity index (χ2n) is 10.6. The molecule has 0 aliphatic heterocycles. The minimum atomic E-state index is -1.39. The first-order chi connectivity index (χ1) is 19.6. The maximum Gasteiger partial charge on any atom is 0.354 e. The van der Waals surface area contributed by atoms with Crippen LogP contribution in [0.15, 0.2) is 66.7 Å². The van der Waals surface area contributed by atoms with E-state index in [1.807, 2.05) is 55.5 Å². The van der Waals surface area contributed by atoms with Gasteiger partial charge in [-0.2, -0.15) is 5.21 Å². The monoisotopic (exact) mass is 552 g/mol. The van der Waals surface area contributed by atoms with Crippen molar-refractivity contribution in [2.45, 2.75) is 52.2 Å². The number of carbonyl (C=O) groups is 1. The summed E-state index contributed by atoms with van der Waals surface area (Å²) in [5.41, 5.74) is 4.52. The third-order valence-corrected chi connectivity index (χ3v) is 6.92. The Balaban J connectivity index is 1.50. The van der Waals surface area contributed by atoms with Gasteiger partial charge in [0.1, 0.15) is 22.9 Å². The van der Waals surface area contributed by atoms with Crippen LogP contribution >= 0.6 is 0 Å². The van der Waals surface area contributed by atoms with E-state index in [2.05, 4.69) is 31.7 Å². The molecule has 10 nitrogen and oxygen atoms in total. The number of carboxylic acid groups (broad SMARTS) is 1. The van der Waals surface area contributed by atoms with Crippen LogP contribution in [0.3, 0.4) is 0 Å². The first-order valence-corrected chi connectivity index (χ1v) is 13.4. The lowest BCUT2D eigenvalue weighted by Gasteiger charge is -2.16. The maximum atomic E-state index is 12.3. The van der Waals surface area contributed by atoms with Crippen LogP contribution in [0.4, 0.5) is 0 Å². The molecule has 4 N–H and O–H groups in total. The average molecular weight is 553 g/mol.